The summed E-state index contributed by atoms with van der Waals surface area (Å²) < 4.78 is 35.4. The van der Waals surface area contributed by atoms with Gasteiger partial charge in [0.25, 0.3) is 0 Å². The van der Waals surface area contributed by atoms with Crippen LogP contribution in [0.1, 0.15) is 58.1 Å². The molecular weight excluding hydrogens is 493 g/mol. The van der Waals surface area contributed by atoms with Crippen LogP contribution in [0.15, 0.2) is 18.3 Å². The standard InChI is InChI=1S/C27H42FN5O5/c1-26(2,9-13-38-27(3,4)8-10-28)24(34)31-11-7-12-37-22-20(35-5)15-18(16-21(22)36-6)14-19-17-32-25(30)33-23(19)29/h15-17H,7-14H2,1-6H3,(H,31,34)(H4,29,30,32,33). The monoisotopic (exact) mass is 535 g/mol. The van der Waals surface area contributed by atoms with Gasteiger partial charge in [-0.1, -0.05) is 13.8 Å². The first-order valence-corrected chi connectivity index (χ1v) is 12.6. The summed E-state index contributed by atoms with van der Waals surface area (Å²) in [6.45, 7) is 8.15. The summed E-state index contributed by atoms with van der Waals surface area (Å²) in [5.41, 5.74) is 12.0. The van der Waals surface area contributed by atoms with Crippen molar-refractivity contribution in [2.45, 2.75) is 59.0 Å². The number of nitrogens with two attached hydrogens (primary N) is 2. The fourth-order valence-corrected chi connectivity index (χ4v) is 3.65. The molecule has 0 aliphatic carbocycles. The van der Waals surface area contributed by atoms with Gasteiger partial charge < -0.3 is 35.7 Å². The first-order valence-electron chi connectivity index (χ1n) is 12.6. The molecule has 0 saturated heterocycles. The second kappa shape index (κ2) is 14.0. The van der Waals surface area contributed by atoms with E-state index in [1.165, 1.54) is 0 Å². The molecule has 5 N–H and O–H groups in total. The SMILES string of the molecule is COc1cc(Cc2cnc(N)nc2N)cc(OC)c1OCCCNC(=O)C(C)(C)CCOC(C)(C)CCF. The lowest BCUT2D eigenvalue weighted by Gasteiger charge is -2.28. The van der Waals surface area contributed by atoms with E-state index in [-0.39, 0.29) is 11.9 Å². The molecule has 0 saturated carbocycles. The molecule has 2 aromatic rings. The maximum atomic E-state index is 12.7. The van der Waals surface area contributed by atoms with Gasteiger partial charge in [0, 0.05) is 43.2 Å². The Bertz CT molecular complexity index is 1040. The summed E-state index contributed by atoms with van der Waals surface area (Å²) in [4.78, 5) is 20.7. The molecule has 1 heterocycles. The smallest absolute Gasteiger partial charge is 0.225 e. The number of carbonyl (C=O) groups excluding carboxylic acids is 1. The highest BCUT2D eigenvalue weighted by Crippen LogP contribution is 2.39. The van der Waals surface area contributed by atoms with E-state index in [1.807, 2.05) is 39.8 Å². The molecule has 2 rings (SSSR count). The molecule has 1 aromatic heterocycles. The maximum Gasteiger partial charge on any atom is 0.225 e. The zero-order chi connectivity index (χ0) is 28.3. The van der Waals surface area contributed by atoms with E-state index in [0.717, 1.165) is 11.1 Å². The highest BCUT2D eigenvalue weighted by molar-refractivity contribution is 5.81. The Morgan fingerprint density at radius 2 is 1.71 bits per heavy atom. The number of amides is 1. The number of carbonyl (C=O) groups is 1. The van der Waals surface area contributed by atoms with Crippen LogP contribution in [0.4, 0.5) is 16.2 Å². The zero-order valence-corrected chi connectivity index (χ0v) is 23.4. The Kier molecular flexibility index (Phi) is 11.4. The molecule has 0 atom stereocenters. The van der Waals surface area contributed by atoms with Gasteiger partial charge >= 0.3 is 0 Å². The molecule has 0 aliphatic heterocycles. The van der Waals surface area contributed by atoms with Gasteiger partial charge in [0.2, 0.25) is 17.6 Å². The summed E-state index contributed by atoms with van der Waals surface area (Å²) in [5, 5.41) is 2.96. The number of nitrogens with one attached hydrogen (secondary N) is 1. The molecule has 0 radical (unpaired) electrons. The average Bonchev–Trinajstić information content (AvgIpc) is 2.85. The van der Waals surface area contributed by atoms with Crippen LogP contribution in [0.2, 0.25) is 0 Å². The number of halogens is 1. The largest absolute Gasteiger partial charge is 0.493 e. The number of benzene rings is 1. The van der Waals surface area contributed by atoms with E-state index in [2.05, 4.69) is 15.3 Å². The molecule has 38 heavy (non-hydrogen) atoms. The van der Waals surface area contributed by atoms with Gasteiger partial charge in [-0.3, -0.25) is 9.18 Å². The first kappa shape index (κ1) is 30.9. The van der Waals surface area contributed by atoms with Crippen molar-refractivity contribution in [1.29, 1.82) is 0 Å². The Balaban J connectivity index is 1.89. The number of aromatic nitrogens is 2. The number of nitrogen functional groups attached to an aromatic ring is 2. The number of anilines is 2. The second-order valence-electron chi connectivity index (χ2n) is 10.3. The fourth-order valence-electron chi connectivity index (χ4n) is 3.65. The highest BCUT2D eigenvalue weighted by Gasteiger charge is 2.28. The van der Waals surface area contributed by atoms with Gasteiger partial charge in [-0.15, -0.1) is 0 Å². The zero-order valence-electron chi connectivity index (χ0n) is 23.4. The lowest BCUT2D eigenvalue weighted by Crippen LogP contribution is -2.39. The van der Waals surface area contributed by atoms with Crippen molar-refractivity contribution in [3.8, 4) is 17.2 Å². The van der Waals surface area contributed by atoms with E-state index in [9.17, 15) is 9.18 Å². The summed E-state index contributed by atoms with van der Waals surface area (Å²) in [7, 11) is 3.10. The highest BCUT2D eigenvalue weighted by atomic mass is 19.1. The summed E-state index contributed by atoms with van der Waals surface area (Å²) in [6, 6.07) is 3.68. The number of hydrogen-bond acceptors (Lipinski definition) is 9. The predicted molar refractivity (Wildman–Crippen MR) is 145 cm³/mol. The molecule has 10 nitrogen and oxygen atoms in total. The van der Waals surface area contributed by atoms with Crippen LogP contribution in [0.25, 0.3) is 0 Å². The normalized spacial score (nSPS) is 11.8. The minimum atomic E-state index is -0.617. The van der Waals surface area contributed by atoms with Crippen LogP contribution in [0.3, 0.4) is 0 Å². The average molecular weight is 536 g/mol. The molecule has 11 heteroatoms. The summed E-state index contributed by atoms with van der Waals surface area (Å²) in [6.07, 6.45) is 3.48. The number of ether oxygens (including phenoxy) is 4. The Labute approximate surface area is 224 Å². The molecular formula is C27H42FN5O5. The Hall–Kier alpha value is -3.34. The molecule has 0 bridgehead atoms. The predicted octanol–water partition coefficient (Wildman–Crippen LogP) is 3.71. The van der Waals surface area contributed by atoms with Crippen LogP contribution in [-0.2, 0) is 16.0 Å². The molecule has 1 amide bonds. The number of nitrogens with zero attached hydrogens (tertiary/aromatic N) is 2. The number of hydrogen-bond donors (Lipinski definition) is 3. The molecule has 0 spiro atoms. The third-order valence-corrected chi connectivity index (χ3v) is 6.22. The fraction of sp³-hybridized carbons (Fsp3) is 0.593. The minimum Gasteiger partial charge on any atom is -0.493 e. The van der Waals surface area contributed by atoms with Gasteiger partial charge in [0.1, 0.15) is 5.82 Å². The first-order chi connectivity index (χ1) is 17.9. The van der Waals surface area contributed by atoms with Crippen LogP contribution in [0, 0.1) is 5.41 Å². The van der Waals surface area contributed by atoms with E-state index in [0.29, 0.717) is 68.5 Å². The van der Waals surface area contributed by atoms with Crippen LogP contribution in [-0.4, -0.2) is 62.1 Å². The van der Waals surface area contributed by atoms with E-state index < -0.39 is 17.7 Å². The van der Waals surface area contributed by atoms with Crippen LogP contribution in [0.5, 0.6) is 17.2 Å². The van der Waals surface area contributed by atoms with E-state index in [1.54, 1.807) is 20.4 Å². The van der Waals surface area contributed by atoms with Crippen molar-refractivity contribution in [2.75, 3.05) is 52.1 Å². The molecule has 212 valence electrons. The molecule has 1 aromatic carbocycles. The number of alkyl halides is 1. The summed E-state index contributed by atoms with van der Waals surface area (Å²) in [5.74, 6) is 1.85. The van der Waals surface area contributed by atoms with Crippen molar-refractivity contribution < 1.29 is 28.1 Å². The van der Waals surface area contributed by atoms with Crippen molar-refractivity contribution in [1.82, 2.24) is 15.3 Å². The van der Waals surface area contributed by atoms with Crippen molar-refractivity contribution in [3.05, 3.63) is 29.5 Å². The number of rotatable bonds is 16. The number of methoxy groups -OCH3 is 2. The topological polar surface area (TPSA) is 144 Å². The van der Waals surface area contributed by atoms with E-state index >= 15 is 0 Å². The van der Waals surface area contributed by atoms with Crippen molar-refractivity contribution in [3.63, 3.8) is 0 Å². The van der Waals surface area contributed by atoms with Gasteiger partial charge in [-0.2, -0.15) is 4.98 Å². The lowest BCUT2D eigenvalue weighted by atomic mass is 9.88. The Morgan fingerprint density at radius 1 is 1.05 bits per heavy atom. The third-order valence-electron chi connectivity index (χ3n) is 6.22. The minimum absolute atomic E-state index is 0.0742. The van der Waals surface area contributed by atoms with E-state index in [4.69, 9.17) is 30.4 Å². The van der Waals surface area contributed by atoms with Gasteiger partial charge in [0.15, 0.2) is 11.5 Å². The second-order valence-corrected chi connectivity index (χ2v) is 10.3. The third kappa shape index (κ3) is 9.20. The quantitative estimate of drug-likeness (QED) is 0.274. The van der Waals surface area contributed by atoms with Crippen LogP contribution >= 0.6 is 0 Å². The molecule has 0 aliphatic rings. The molecule has 0 fully saturated rings. The van der Waals surface area contributed by atoms with Gasteiger partial charge in [0.05, 0.1) is 33.1 Å². The van der Waals surface area contributed by atoms with Crippen molar-refractivity contribution in [2.24, 2.45) is 5.41 Å². The maximum absolute atomic E-state index is 12.7. The summed E-state index contributed by atoms with van der Waals surface area (Å²) >= 11 is 0. The molecule has 0 unspecified atom stereocenters. The van der Waals surface area contributed by atoms with Gasteiger partial charge in [-0.25, -0.2) is 4.98 Å². The van der Waals surface area contributed by atoms with Crippen LogP contribution < -0.4 is 31.0 Å². The lowest BCUT2D eigenvalue weighted by molar-refractivity contribution is -0.131. The van der Waals surface area contributed by atoms with Gasteiger partial charge in [-0.05, 0) is 44.4 Å². The van der Waals surface area contributed by atoms with Crippen molar-refractivity contribution >= 4 is 17.7 Å². The Morgan fingerprint density at radius 3 is 2.29 bits per heavy atom.